The molecule has 2 rings (SSSR count). The molecule has 0 saturated carbocycles. The molecule has 94 valence electrons. The molecule has 0 amide bonds. The smallest absolute Gasteiger partial charge is 0.0916 e. The van der Waals surface area contributed by atoms with Crippen LogP contribution in [0.1, 0.15) is 24.5 Å². The second-order valence-corrected chi connectivity index (χ2v) is 4.71. The number of likely N-dealkylation sites (N-methyl/N-ethyl adjacent to an activating group) is 1. The van der Waals surface area contributed by atoms with Gasteiger partial charge in [0.05, 0.1) is 6.10 Å². The molecule has 0 bridgehead atoms. The molecule has 0 aromatic heterocycles. The highest BCUT2D eigenvalue weighted by Crippen LogP contribution is 2.18. The number of aliphatic hydroxyl groups is 1. The van der Waals surface area contributed by atoms with E-state index in [1.54, 1.807) is 0 Å². The summed E-state index contributed by atoms with van der Waals surface area (Å²) in [6.45, 7) is 2.38. The number of nitrogens with zero attached hydrogens (tertiary/aromatic N) is 1. The van der Waals surface area contributed by atoms with E-state index in [9.17, 15) is 5.11 Å². The van der Waals surface area contributed by atoms with Crippen molar-refractivity contribution in [2.45, 2.75) is 25.0 Å². The number of hydrogen-bond donors (Lipinski definition) is 1. The first-order chi connectivity index (χ1) is 8.27. The van der Waals surface area contributed by atoms with Crippen LogP contribution in [0.4, 0.5) is 0 Å². The minimum absolute atomic E-state index is 0.399. The Bertz CT molecular complexity index is 322. The van der Waals surface area contributed by atoms with Gasteiger partial charge in [-0.25, -0.2) is 0 Å². The van der Waals surface area contributed by atoms with Crippen LogP contribution in [0.15, 0.2) is 30.3 Å². The maximum atomic E-state index is 10.1. The van der Waals surface area contributed by atoms with E-state index in [0.29, 0.717) is 12.6 Å². The van der Waals surface area contributed by atoms with Gasteiger partial charge in [-0.1, -0.05) is 30.3 Å². The van der Waals surface area contributed by atoms with E-state index in [1.807, 2.05) is 30.3 Å². The summed E-state index contributed by atoms with van der Waals surface area (Å²) >= 11 is 0. The highest BCUT2D eigenvalue weighted by atomic mass is 16.5. The molecule has 1 saturated heterocycles. The summed E-state index contributed by atoms with van der Waals surface area (Å²) in [5, 5.41) is 10.1. The Morgan fingerprint density at radius 1 is 1.29 bits per heavy atom. The van der Waals surface area contributed by atoms with E-state index < -0.39 is 6.10 Å². The van der Waals surface area contributed by atoms with Crippen molar-refractivity contribution in [2.75, 3.05) is 26.8 Å². The van der Waals surface area contributed by atoms with Crippen LogP contribution in [0.2, 0.25) is 0 Å². The Morgan fingerprint density at radius 2 is 1.94 bits per heavy atom. The van der Waals surface area contributed by atoms with E-state index in [-0.39, 0.29) is 0 Å². The summed E-state index contributed by atoms with van der Waals surface area (Å²) < 4.78 is 5.35. The van der Waals surface area contributed by atoms with Crippen LogP contribution < -0.4 is 0 Å². The normalized spacial score (nSPS) is 19.5. The molecule has 17 heavy (non-hydrogen) atoms. The molecular weight excluding hydrogens is 214 g/mol. The first kappa shape index (κ1) is 12.6. The molecule has 3 heteroatoms. The van der Waals surface area contributed by atoms with Gasteiger partial charge in [0.2, 0.25) is 0 Å². The number of aliphatic hydroxyl groups excluding tert-OH is 1. The Kier molecular flexibility index (Phi) is 4.54. The third kappa shape index (κ3) is 3.53. The predicted octanol–water partition coefficient (Wildman–Crippen LogP) is 1.83. The molecule has 1 N–H and O–H groups in total. The van der Waals surface area contributed by atoms with Gasteiger partial charge < -0.3 is 14.7 Å². The summed E-state index contributed by atoms with van der Waals surface area (Å²) in [5.74, 6) is 0. The third-order valence-corrected chi connectivity index (χ3v) is 3.46. The molecule has 3 nitrogen and oxygen atoms in total. The minimum Gasteiger partial charge on any atom is -0.387 e. The van der Waals surface area contributed by atoms with Gasteiger partial charge >= 0.3 is 0 Å². The average Bonchev–Trinajstić information content (AvgIpc) is 2.40. The van der Waals surface area contributed by atoms with Crippen LogP contribution in [0.3, 0.4) is 0 Å². The van der Waals surface area contributed by atoms with E-state index in [2.05, 4.69) is 11.9 Å². The SMILES string of the molecule is CN(CC(O)c1ccccc1)C1CCOCC1. The second-order valence-electron chi connectivity index (χ2n) is 4.71. The average molecular weight is 235 g/mol. The van der Waals surface area contributed by atoms with Crippen LogP contribution in [0.25, 0.3) is 0 Å². The number of benzene rings is 1. The van der Waals surface area contributed by atoms with Gasteiger partial charge in [0.15, 0.2) is 0 Å². The summed E-state index contributed by atoms with van der Waals surface area (Å²) in [6, 6.07) is 10.4. The van der Waals surface area contributed by atoms with E-state index in [0.717, 1.165) is 31.6 Å². The summed E-state index contributed by atoms with van der Waals surface area (Å²) in [4.78, 5) is 2.25. The fourth-order valence-corrected chi connectivity index (χ4v) is 2.33. The van der Waals surface area contributed by atoms with Crippen LogP contribution in [-0.2, 0) is 4.74 Å². The number of hydrogen-bond acceptors (Lipinski definition) is 3. The van der Waals surface area contributed by atoms with Crippen LogP contribution in [-0.4, -0.2) is 42.9 Å². The summed E-state index contributed by atoms with van der Waals surface area (Å²) in [6.07, 6.45) is 1.74. The summed E-state index contributed by atoms with van der Waals surface area (Å²) in [5.41, 5.74) is 0.992. The maximum absolute atomic E-state index is 10.1. The molecule has 1 aliphatic heterocycles. The number of rotatable bonds is 4. The molecule has 0 radical (unpaired) electrons. The summed E-state index contributed by atoms with van der Waals surface area (Å²) in [7, 11) is 2.09. The van der Waals surface area contributed by atoms with Gasteiger partial charge in [0, 0.05) is 25.8 Å². The Hall–Kier alpha value is -0.900. The maximum Gasteiger partial charge on any atom is 0.0916 e. The Balaban J connectivity index is 1.87. The largest absolute Gasteiger partial charge is 0.387 e. The quantitative estimate of drug-likeness (QED) is 0.864. The van der Waals surface area contributed by atoms with Gasteiger partial charge in [-0.05, 0) is 25.5 Å². The molecule has 1 aliphatic rings. The van der Waals surface area contributed by atoms with Crippen molar-refractivity contribution in [3.05, 3.63) is 35.9 Å². The molecule has 1 aromatic carbocycles. The van der Waals surface area contributed by atoms with Crippen molar-refractivity contribution >= 4 is 0 Å². The highest BCUT2D eigenvalue weighted by molar-refractivity contribution is 5.17. The Labute approximate surface area is 103 Å². The zero-order valence-electron chi connectivity index (χ0n) is 10.4. The lowest BCUT2D eigenvalue weighted by atomic mass is 10.1. The molecule has 1 unspecified atom stereocenters. The molecule has 0 spiro atoms. The lowest BCUT2D eigenvalue weighted by Crippen LogP contribution is -2.38. The van der Waals surface area contributed by atoms with Gasteiger partial charge in [-0.3, -0.25) is 0 Å². The zero-order chi connectivity index (χ0) is 12.1. The van der Waals surface area contributed by atoms with Gasteiger partial charge in [0.25, 0.3) is 0 Å². The number of ether oxygens (including phenoxy) is 1. The van der Waals surface area contributed by atoms with Gasteiger partial charge in [-0.15, -0.1) is 0 Å². The van der Waals surface area contributed by atoms with Gasteiger partial charge in [-0.2, -0.15) is 0 Å². The lowest BCUT2D eigenvalue weighted by molar-refractivity contribution is 0.0253. The minimum atomic E-state index is -0.399. The van der Waals surface area contributed by atoms with Gasteiger partial charge in [0.1, 0.15) is 0 Å². The van der Waals surface area contributed by atoms with Crippen molar-refractivity contribution in [2.24, 2.45) is 0 Å². The Morgan fingerprint density at radius 3 is 2.59 bits per heavy atom. The van der Waals surface area contributed by atoms with Crippen molar-refractivity contribution in [1.29, 1.82) is 0 Å². The van der Waals surface area contributed by atoms with E-state index in [4.69, 9.17) is 4.74 Å². The predicted molar refractivity (Wildman–Crippen MR) is 67.9 cm³/mol. The first-order valence-electron chi connectivity index (χ1n) is 6.28. The third-order valence-electron chi connectivity index (χ3n) is 3.46. The lowest BCUT2D eigenvalue weighted by Gasteiger charge is -2.32. The fourth-order valence-electron chi connectivity index (χ4n) is 2.33. The molecular formula is C14H21NO2. The van der Waals surface area contributed by atoms with Crippen LogP contribution in [0, 0.1) is 0 Å². The van der Waals surface area contributed by atoms with Crippen molar-refractivity contribution in [3.8, 4) is 0 Å². The van der Waals surface area contributed by atoms with E-state index in [1.165, 1.54) is 0 Å². The zero-order valence-corrected chi connectivity index (χ0v) is 10.4. The van der Waals surface area contributed by atoms with Crippen molar-refractivity contribution in [1.82, 2.24) is 4.90 Å². The highest BCUT2D eigenvalue weighted by Gasteiger charge is 2.20. The molecule has 1 heterocycles. The van der Waals surface area contributed by atoms with Crippen LogP contribution >= 0.6 is 0 Å². The van der Waals surface area contributed by atoms with E-state index >= 15 is 0 Å². The van der Waals surface area contributed by atoms with Crippen molar-refractivity contribution in [3.63, 3.8) is 0 Å². The second kappa shape index (κ2) is 6.15. The van der Waals surface area contributed by atoms with Crippen LogP contribution in [0.5, 0.6) is 0 Å². The monoisotopic (exact) mass is 235 g/mol. The first-order valence-corrected chi connectivity index (χ1v) is 6.28. The topological polar surface area (TPSA) is 32.7 Å². The molecule has 1 fully saturated rings. The molecule has 1 aromatic rings. The molecule has 0 aliphatic carbocycles. The standard InChI is InChI=1S/C14H21NO2/c1-15(13-7-9-17-10-8-13)11-14(16)12-5-3-2-4-6-12/h2-6,13-14,16H,7-11H2,1H3. The molecule has 1 atom stereocenters. The van der Waals surface area contributed by atoms with Crippen molar-refractivity contribution < 1.29 is 9.84 Å². The fraction of sp³-hybridized carbons (Fsp3) is 0.571.